The minimum absolute atomic E-state index is 0.0518. The van der Waals surface area contributed by atoms with Gasteiger partial charge in [-0.2, -0.15) is 4.90 Å². The summed E-state index contributed by atoms with van der Waals surface area (Å²) in [6, 6.07) is 15.1. The number of carboxylic acid groups (broad SMARTS) is 1. The van der Waals surface area contributed by atoms with Crippen molar-refractivity contribution < 1.29 is 33.8 Å². The van der Waals surface area contributed by atoms with Crippen LogP contribution in [0.25, 0.3) is 0 Å². The highest BCUT2D eigenvalue weighted by atomic mass is 16.6. The van der Waals surface area contributed by atoms with Crippen LogP contribution in [0.5, 0.6) is 0 Å². The molecule has 2 atom stereocenters. The SMILES string of the molecule is C[C@@H](NC(=O)[C@H](CCCCN)N(C(=O)OCc1ccccc1)C(=O)OCc1ccccc1)C(=O)O. The van der Waals surface area contributed by atoms with Crippen molar-refractivity contribution in [1.82, 2.24) is 10.2 Å². The Kier molecular flexibility index (Phi) is 11.2. The molecule has 0 aliphatic carbocycles. The highest BCUT2D eigenvalue weighted by molar-refractivity contribution is 5.96. The van der Waals surface area contributed by atoms with Gasteiger partial charge >= 0.3 is 18.2 Å². The van der Waals surface area contributed by atoms with Crippen molar-refractivity contribution in [3.8, 4) is 0 Å². The topological polar surface area (TPSA) is 148 Å². The summed E-state index contributed by atoms with van der Waals surface area (Å²) in [5.41, 5.74) is 6.92. The number of unbranched alkanes of at least 4 members (excludes halogenated alkanes) is 1. The van der Waals surface area contributed by atoms with Crippen LogP contribution in [0.1, 0.15) is 37.3 Å². The Labute approximate surface area is 204 Å². The van der Waals surface area contributed by atoms with Crippen molar-refractivity contribution >= 4 is 24.1 Å². The van der Waals surface area contributed by atoms with Crippen LogP contribution in [-0.2, 0) is 32.3 Å². The Hall–Kier alpha value is -3.92. The minimum atomic E-state index is -1.35. The van der Waals surface area contributed by atoms with Gasteiger partial charge in [0.25, 0.3) is 0 Å². The van der Waals surface area contributed by atoms with E-state index in [1.165, 1.54) is 6.92 Å². The molecule has 0 saturated carbocycles. The zero-order valence-electron chi connectivity index (χ0n) is 19.6. The fourth-order valence-corrected chi connectivity index (χ4v) is 3.14. The van der Waals surface area contributed by atoms with E-state index >= 15 is 0 Å². The third-order valence-corrected chi connectivity index (χ3v) is 5.08. The van der Waals surface area contributed by atoms with Crippen LogP contribution in [-0.4, -0.2) is 52.7 Å². The number of aliphatic carboxylic acids is 1. The highest BCUT2D eigenvalue weighted by Gasteiger charge is 2.38. The fourth-order valence-electron chi connectivity index (χ4n) is 3.14. The Balaban J connectivity index is 2.26. The average Bonchev–Trinajstić information content (AvgIpc) is 2.86. The van der Waals surface area contributed by atoms with E-state index in [4.69, 9.17) is 15.2 Å². The second-order valence-electron chi connectivity index (χ2n) is 7.82. The summed E-state index contributed by atoms with van der Waals surface area (Å²) >= 11 is 0. The lowest BCUT2D eigenvalue weighted by Crippen LogP contribution is -2.55. The predicted molar refractivity (Wildman–Crippen MR) is 127 cm³/mol. The number of rotatable bonds is 12. The molecular formula is C25H31N3O7. The molecule has 0 aliphatic heterocycles. The zero-order chi connectivity index (χ0) is 25.6. The molecule has 0 unspecified atom stereocenters. The van der Waals surface area contributed by atoms with Crippen molar-refractivity contribution in [3.05, 3.63) is 71.8 Å². The number of amides is 3. The van der Waals surface area contributed by atoms with Gasteiger partial charge in [-0.05, 0) is 43.9 Å². The summed E-state index contributed by atoms with van der Waals surface area (Å²) in [6.45, 7) is 1.36. The molecule has 4 N–H and O–H groups in total. The maximum Gasteiger partial charge on any atom is 0.420 e. The smallest absolute Gasteiger partial charge is 0.420 e. The number of nitrogens with two attached hydrogens (primary N) is 1. The number of carboxylic acids is 1. The second kappa shape index (κ2) is 14.4. The molecule has 0 bridgehead atoms. The van der Waals surface area contributed by atoms with Crippen LogP contribution in [0.4, 0.5) is 9.59 Å². The van der Waals surface area contributed by atoms with Crippen molar-refractivity contribution in [2.75, 3.05) is 6.54 Å². The summed E-state index contributed by atoms with van der Waals surface area (Å²) in [6.07, 6.45) is -1.17. The number of imide groups is 1. The van der Waals surface area contributed by atoms with Crippen molar-refractivity contribution in [3.63, 3.8) is 0 Å². The lowest BCUT2D eigenvalue weighted by molar-refractivity contribution is -0.142. The molecule has 2 aromatic carbocycles. The minimum Gasteiger partial charge on any atom is -0.480 e. The van der Waals surface area contributed by atoms with Gasteiger partial charge in [-0.1, -0.05) is 60.7 Å². The molecule has 0 radical (unpaired) electrons. The second-order valence-corrected chi connectivity index (χ2v) is 7.82. The van der Waals surface area contributed by atoms with Gasteiger partial charge in [-0.15, -0.1) is 0 Å². The first kappa shape index (κ1) is 27.3. The molecule has 10 heteroatoms. The Morgan fingerprint density at radius 3 is 1.80 bits per heavy atom. The maximum absolute atomic E-state index is 13.0. The van der Waals surface area contributed by atoms with E-state index in [1.807, 2.05) is 0 Å². The molecule has 3 amide bonds. The number of hydrogen-bond acceptors (Lipinski definition) is 7. The summed E-state index contributed by atoms with van der Waals surface area (Å²) in [7, 11) is 0. The lowest BCUT2D eigenvalue weighted by Gasteiger charge is -2.28. The van der Waals surface area contributed by atoms with Crippen molar-refractivity contribution in [2.45, 2.75) is 51.5 Å². The number of nitrogens with one attached hydrogen (secondary N) is 1. The number of nitrogens with zero attached hydrogens (tertiary/aromatic N) is 1. The van der Waals surface area contributed by atoms with Gasteiger partial charge in [-0.25, -0.2) is 9.59 Å². The van der Waals surface area contributed by atoms with Crippen LogP contribution in [0, 0.1) is 0 Å². The first-order valence-corrected chi connectivity index (χ1v) is 11.3. The molecule has 0 saturated heterocycles. The van der Waals surface area contributed by atoms with Gasteiger partial charge < -0.3 is 25.6 Å². The van der Waals surface area contributed by atoms with Gasteiger partial charge in [0.05, 0.1) is 0 Å². The quantitative estimate of drug-likeness (QED) is 0.389. The van der Waals surface area contributed by atoms with Crippen LogP contribution in [0.15, 0.2) is 60.7 Å². The molecule has 2 rings (SSSR count). The summed E-state index contributed by atoms with van der Waals surface area (Å²) in [5, 5.41) is 11.5. The molecule has 2 aromatic rings. The normalized spacial score (nSPS) is 12.2. The summed E-state index contributed by atoms with van der Waals surface area (Å²) in [5.74, 6) is -2.07. The molecule has 188 valence electrons. The standard InChI is InChI=1S/C25H31N3O7/c1-18(23(30)31)27-22(29)21(14-8-9-15-26)28(24(32)34-16-19-10-4-2-5-11-19)25(33)35-17-20-12-6-3-7-13-20/h2-7,10-13,18,21H,8-9,14-17,26H2,1H3,(H,27,29)(H,30,31)/t18-,21+/m1/s1. The number of hydrogen-bond donors (Lipinski definition) is 3. The molecule has 0 spiro atoms. The number of benzene rings is 2. The number of ether oxygens (including phenoxy) is 2. The van der Waals surface area contributed by atoms with Crippen molar-refractivity contribution in [1.29, 1.82) is 0 Å². The van der Waals surface area contributed by atoms with E-state index in [-0.39, 0.29) is 19.6 Å². The van der Waals surface area contributed by atoms with Crippen molar-refractivity contribution in [2.24, 2.45) is 5.73 Å². The van der Waals surface area contributed by atoms with Gasteiger partial charge in [-0.3, -0.25) is 9.59 Å². The fraction of sp³-hybridized carbons (Fsp3) is 0.360. The van der Waals surface area contributed by atoms with E-state index in [1.54, 1.807) is 60.7 Å². The summed E-state index contributed by atoms with van der Waals surface area (Å²) in [4.78, 5) is 50.9. The molecular weight excluding hydrogens is 454 g/mol. The van der Waals surface area contributed by atoms with E-state index in [2.05, 4.69) is 5.32 Å². The highest BCUT2D eigenvalue weighted by Crippen LogP contribution is 2.16. The number of carbonyl (C=O) groups is 4. The maximum atomic E-state index is 13.0. The van der Waals surface area contributed by atoms with E-state index in [0.29, 0.717) is 35.4 Å². The first-order valence-electron chi connectivity index (χ1n) is 11.3. The largest absolute Gasteiger partial charge is 0.480 e. The Bertz CT molecular complexity index is 914. The Morgan fingerprint density at radius 2 is 1.37 bits per heavy atom. The first-order chi connectivity index (χ1) is 16.8. The van der Waals surface area contributed by atoms with E-state index < -0.39 is 36.1 Å². The monoisotopic (exact) mass is 485 g/mol. The molecule has 35 heavy (non-hydrogen) atoms. The molecule has 0 aromatic heterocycles. The third-order valence-electron chi connectivity index (χ3n) is 5.08. The lowest BCUT2D eigenvalue weighted by atomic mass is 10.1. The van der Waals surface area contributed by atoms with Crippen LogP contribution >= 0.6 is 0 Å². The van der Waals surface area contributed by atoms with Gasteiger partial charge in [0, 0.05) is 0 Å². The average molecular weight is 486 g/mol. The molecule has 10 nitrogen and oxygen atoms in total. The van der Waals surface area contributed by atoms with Gasteiger partial charge in [0.2, 0.25) is 5.91 Å². The van der Waals surface area contributed by atoms with Gasteiger partial charge in [0.15, 0.2) is 0 Å². The number of carbonyl (C=O) groups excluding carboxylic acids is 3. The zero-order valence-corrected chi connectivity index (χ0v) is 19.6. The van der Waals surface area contributed by atoms with Gasteiger partial charge in [0.1, 0.15) is 25.3 Å². The molecule has 0 heterocycles. The van der Waals surface area contributed by atoms with Crippen LogP contribution < -0.4 is 11.1 Å². The van der Waals surface area contributed by atoms with Crippen LogP contribution in [0.2, 0.25) is 0 Å². The predicted octanol–water partition coefficient (Wildman–Crippen LogP) is 3.05. The van der Waals surface area contributed by atoms with Crippen LogP contribution in [0.3, 0.4) is 0 Å². The Morgan fingerprint density at radius 1 is 0.886 bits per heavy atom. The summed E-state index contributed by atoms with van der Waals surface area (Å²) < 4.78 is 10.6. The van der Waals surface area contributed by atoms with E-state index in [9.17, 15) is 24.3 Å². The third kappa shape index (κ3) is 9.09. The van der Waals surface area contributed by atoms with E-state index in [0.717, 1.165) is 0 Å². The molecule has 0 aliphatic rings. The molecule has 0 fully saturated rings.